The first kappa shape index (κ1) is 15.6. The first-order valence-electron chi connectivity index (χ1n) is 7.07. The predicted octanol–water partition coefficient (Wildman–Crippen LogP) is 5.33. The van der Waals surface area contributed by atoms with Gasteiger partial charge in [0.25, 0.3) is 0 Å². The van der Waals surface area contributed by atoms with Crippen LogP contribution in [0.3, 0.4) is 0 Å². The van der Waals surface area contributed by atoms with Crippen molar-refractivity contribution in [1.82, 2.24) is 4.98 Å². The highest BCUT2D eigenvalue weighted by molar-refractivity contribution is 6.33. The van der Waals surface area contributed by atoms with Gasteiger partial charge in [0.05, 0.1) is 11.1 Å². The molecule has 0 atom stereocenters. The number of aromatic nitrogens is 1. The summed E-state index contributed by atoms with van der Waals surface area (Å²) in [6.45, 7) is 2.44. The van der Waals surface area contributed by atoms with Gasteiger partial charge in [-0.25, -0.2) is 0 Å². The average Bonchev–Trinajstić information content (AvgIpc) is 2.54. The number of benzene rings is 2. The van der Waals surface area contributed by atoms with Gasteiger partial charge in [-0.15, -0.1) is 0 Å². The summed E-state index contributed by atoms with van der Waals surface area (Å²) in [5.41, 5.74) is 3.95. The van der Waals surface area contributed by atoms with Crippen LogP contribution in [0, 0.1) is 18.3 Å². The van der Waals surface area contributed by atoms with Gasteiger partial charge in [-0.1, -0.05) is 35.3 Å². The number of hydrogen-bond donors (Lipinski definition) is 1. The number of halogens is 2. The van der Waals surface area contributed by atoms with E-state index in [0.29, 0.717) is 27.7 Å². The van der Waals surface area contributed by atoms with Crippen LogP contribution in [0.1, 0.15) is 16.8 Å². The molecular weight excluding hydrogens is 329 g/mol. The summed E-state index contributed by atoms with van der Waals surface area (Å²) in [6, 6.07) is 15.1. The Bertz CT molecular complexity index is 929. The Morgan fingerprint density at radius 2 is 2.00 bits per heavy atom. The molecule has 0 fully saturated rings. The minimum Gasteiger partial charge on any atom is -0.380 e. The number of fused-ring (bicyclic) bond motifs is 1. The second-order valence-electron chi connectivity index (χ2n) is 5.21. The number of rotatable bonds is 3. The van der Waals surface area contributed by atoms with E-state index in [-0.39, 0.29) is 0 Å². The van der Waals surface area contributed by atoms with Crippen LogP contribution in [0.4, 0.5) is 5.69 Å². The van der Waals surface area contributed by atoms with Crippen molar-refractivity contribution in [3.63, 3.8) is 0 Å². The maximum absolute atomic E-state index is 9.25. The highest BCUT2D eigenvalue weighted by Gasteiger charge is 2.09. The zero-order valence-corrected chi connectivity index (χ0v) is 13.9. The van der Waals surface area contributed by atoms with E-state index in [2.05, 4.69) is 16.4 Å². The molecule has 0 amide bonds. The zero-order valence-electron chi connectivity index (χ0n) is 12.4. The van der Waals surface area contributed by atoms with Gasteiger partial charge in [0, 0.05) is 33.4 Å². The van der Waals surface area contributed by atoms with Gasteiger partial charge in [-0.2, -0.15) is 5.26 Å². The monoisotopic (exact) mass is 341 g/mol. The van der Waals surface area contributed by atoms with Crippen LogP contribution in [0.5, 0.6) is 0 Å². The van der Waals surface area contributed by atoms with Crippen molar-refractivity contribution in [2.45, 2.75) is 13.5 Å². The third-order valence-electron chi connectivity index (χ3n) is 3.57. The molecule has 3 aromatic rings. The van der Waals surface area contributed by atoms with Gasteiger partial charge in [0.2, 0.25) is 0 Å². The number of hydrogen-bond acceptors (Lipinski definition) is 3. The molecule has 0 saturated carbocycles. The van der Waals surface area contributed by atoms with Gasteiger partial charge in [-0.05, 0) is 42.8 Å². The molecule has 1 heterocycles. The van der Waals surface area contributed by atoms with E-state index in [0.717, 1.165) is 22.3 Å². The minimum absolute atomic E-state index is 0.536. The smallest absolute Gasteiger partial charge is 0.101 e. The van der Waals surface area contributed by atoms with Crippen molar-refractivity contribution in [3.05, 3.63) is 69.3 Å². The molecule has 114 valence electrons. The lowest BCUT2D eigenvalue weighted by Crippen LogP contribution is -2.02. The lowest BCUT2D eigenvalue weighted by molar-refractivity contribution is 1.14. The Kier molecular flexibility index (Phi) is 4.38. The van der Waals surface area contributed by atoms with Crippen molar-refractivity contribution < 1.29 is 0 Å². The van der Waals surface area contributed by atoms with Crippen LogP contribution < -0.4 is 5.32 Å². The third-order valence-corrected chi connectivity index (χ3v) is 4.17. The number of nitrogens with one attached hydrogen (secondary N) is 1. The second-order valence-corrected chi connectivity index (χ2v) is 6.06. The summed E-state index contributed by atoms with van der Waals surface area (Å²) >= 11 is 12.2. The van der Waals surface area contributed by atoms with E-state index >= 15 is 0 Å². The minimum atomic E-state index is 0.536. The lowest BCUT2D eigenvalue weighted by atomic mass is 10.1. The van der Waals surface area contributed by atoms with Gasteiger partial charge in [0.15, 0.2) is 0 Å². The van der Waals surface area contributed by atoms with Crippen molar-refractivity contribution in [2.75, 3.05) is 5.32 Å². The van der Waals surface area contributed by atoms with Crippen LogP contribution in [0.15, 0.2) is 42.5 Å². The van der Waals surface area contributed by atoms with Crippen LogP contribution in [-0.4, -0.2) is 4.98 Å². The van der Waals surface area contributed by atoms with E-state index < -0.39 is 0 Å². The molecule has 0 unspecified atom stereocenters. The van der Waals surface area contributed by atoms with E-state index in [1.165, 1.54) is 0 Å². The summed E-state index contributed by atoms with van der Waals surface area (Å²) in [6.07, 6.45) is 0. The number of nitriles is 1. The molecule has 0 aliphatic rings. The molecule has 0 radical (unpaired) electrons. The second kappa shape index (κ2) is 6.45. The quantitative estimate of drug-likeness (QED) is 0.699. The molecule has 1 aromatic heterocycles. The van der Waals surface area contributed by atoms with Crippen molar-refractivity contribution in [3.8, 4) is 6.07 Å². The van der Waals surface area contributed by atoms with Crippen molar-refractivity contribution in [1.29, 1.82) is 5.26 Å². The summed E-state index contributed by atoms with van der Waals surface area (Å²) in [5, 5.41) is 14.8. The van der Waals surface area contributed by atoms with E-state index in [9.17, 15) is 5.26 Å². The Morgan fingerprint density at radius 1 is 1.17 bits per heavy atom. The lowest BCUT2D eigenvalue weighted by Gasteiger charge is -2.12. The largest absolute Gasteiger partial charge is 0.380 e. The maximum atomic E-state index is 9.25. The number of anilines is 1. The Morgan fingerprint density at radius 3 is 2.78 bits per heavy atom. The van der Waals surface area contributed by atoms with E-state index in [1.54, 1.807) is 18.2 Å². The topological polar surface area (TPSA) is 48.7 Å². The van der Waals surface area contributed by atoms with Crippen LogP contribution in [-0.2, 0) is 6.54 Å². The molecule has 3 rings (SSSR count). The summed E-state index contributed by atoms with van der Waals surface area (Å²) < 4.78 is 0. The van der Waals surface area contributed by atoms with Gasteiger partial charge < -0.3 is 5.32 Å². The first-order valence-corrected chi connectivity index (χ1v) is 7.82. The Labute approximate surface area is 144 Å². The number of aryl methyl sites for hydroxylation is 1. The molecule has 5 heteroatoms. The zero-order chi connectivity index (χ0) is 16.4. The van der Waals surface area contributed by atoms with Crippen molar-refractivity contribution >= 4 is 39.8 Å². The Hall–Kier alpha value is -2.28. The molecule has 23 heavy (non-hydrogen) atoms. The fraction of sp³-hybridized carbons (Fsp3) is 0.111. The molecule has 3 nitrogen and oxygen atoms in total. The highest BCUT2D eigenvalue weighted by atomic mass is 35.5. The molecule has 0 bridgehead atoms. The summed E-state index contributed by atoms with van der Waals surface area (Å²) in [4.78, 5) is 4.48. The van der Waals surface area contributed by atoms with Crippen molar-refractivity contribution in [2.24, 2.45) is 0 Å². The van der Waals surface area contributed by atoms with Crippen LogP contribution in [0.25, 0.3) is 10.9 Å². The molecule has 2 aromatic carbocycles. The molecule has 0 aliphatic carbocycles. The highest BCUT2D eigenvalue weighted by Crippen LogP contribution is 2.27. The van der Waals surface area contributed by atoms with E-state index in [1.807, 2.05) is 31.2 Å². The molecule has 0 spiro atoms. The average molecular weight is 342 g/mol. The molecular formula is C18H13Cl2N3. The molecule has 1 N–H and O–H groups in total. The predicted molar refractivity (Wildman–Crippen MR) is 95.0 cm³/mol. The standard InChI is InChI=1S/C18H13Cl2N3/c1-11-7-17(15-4-2-3-12(9-21)18(15)23-11)22-10-13-8-14(19)5-6-16(13)20/h2-8H,10H2,1H3,(H,22,23). The normalized spacial score (nSPS) is 10.5. The first-order chi connectivity index (χ1) is 11.1. The van der Waals surface area contributed by atoms with Gasteiger partial charge in [-0.3, -0.25) is 4.98 Å². The third kappa shape index (κ3) is 3.24. The van der Waals surface area contributed by atoms with Crippen LogP contribution in [0.2, 0.25) is 10.0 Å². The number of para-hydroxylation sites is 1. The summed E-state index contributed by atoms with van der Waals surface area (Å²) in [5.74, 6) is 0. The number of nitrogens with zero attached hydrogens (tertiary/aromatic N) is 2. The van der Waals surface area contributed by atoms with Crippen LogP contribution >= 0.6 is 23.2 Å². The van der Waals surface area contributed by atoms with E-state index in [4.69, 9.17) is 23.2 Å². The Balaban J connectivity index is 2.00. The van der Waals surface area contributed by atoms with Gasteiger partial charge >= 0.3 is 0 Å². The summed E-state index contributed by atoms with van der Waals surface area (Å²) in [7, 11) is 0. The fourth-order valence-electron chi connectivity index (χ4n) is 2.48. The fourth-order valence-corrected chi connectivity index (χ4v) is 2.86. The molecule has 0 aliphatic heterocycles. The maximum Gasteiger partial charge on any atom is 0.101 e. The van der Waals surface area contributed by atoms with Gasteiger partial charge in [0.1, 0.15) is 6.07 Å². The molecule has 0 saturated heterocycles. The number of pyridine rings is 1. The SMILES string of the molecule is Cc1cc(NCc2cc(Cl)ccc2Cl)c2cccc(C#N)c2n1.